The lowest BCUT2D eigenvalue weighted by molar-refractivity contribution is -0.0535. The molecule has 0 fully saturated rings. The van der Waals surface area contributed by atoms with Crippen LogP contribution in [0.1, 0.15) is 12.8 Å². The molecule has 0 spiro atoms. The monoisotopic (exact) mass is 366 g/mol. The predicted octanol–water partition coefficient (Wildman–Crippen LogP) is 2.71. The second-order valence-corrected chi connectivity index (χ2v) is 8.07. The predicted molar refractivity (Wildman–Crippen MR) is 97.9 cm³/mol. The van der Waals surface area contributed by atoms with Gasteiger partial charge in [-0.05, 0) is 30.7 Å². The number of aliphatic hydroxyl groups is 4. The molecule has 0 amide bonds. The third kappa shape index (κ3) is 6.84. The van der Waals surface area contributed by atoms with E-state index in [9.17, 15) is 20.4 Å². The first-order valence-electron chi connectivity index (χ1n) is 7.70. The molecule has 0 bridgehead atoms. The van der Waals surface area contributed by atoms with Crippen molar-refractivity contribution in [1.29, 1.82) is 0 Å². The molecule has 2 unspecified atom stereocenters. The van der Waals surface area contributed by atoms with Gasteiger partial charge in [-0.15, -0.1) is 23.5 Å². The van der Waals surface area contributed by atoms with Crippen LogP contribution in [0.3, 0.4) is 0 Å². The van der Waals surface area contributed by atoms with Crippen LogP contribution >= 0.6 is 23.5 Å². The molecule has 6 heteroatoms. The van der Waals surface area contributed by atoms with Crippen LogP contribution in [0.15, 0.2) is 70.5 Å². The van der Waals surface area contributed by atoms with Crippen LogP contribution in [0.2, 0.25) is 0 Å². The van der Waals surface area contributed by atoms with E-state index in [4.69, 9.17) is 0 Å². The summed E-state index contributed by atoms with van der Waals surface area (Å²) in [6.07, 6.45) is -2.30. The van der Waals surface area contributed by atoms with E-state index < -0.39 is 17.8 Å². The molecule has 0 radical (unpaired) electrons. The van der Waals surface area contributed by atoms with Crippen LogP contribution in [0.5, 0.6) is 0 Å². The molecule has 130 valence electrons. The van der Waals surface area contributed by atoms with E-state index in [0.717, 1.165) is 9.79 Å². The first-order valence-corrected chi connectivity index (χ1v) is 9.46. The average molecular weight is 367 g/mol. The third-order valence-electron chi connectivity index (χ3n) is 3.38. The highest BCUT2D eigenvalue weighted by atomic mass is 32.2. The number of aliphatic hydroxyl groups excluding tert-OH is 2. The van der Waals surface area contributed by atoms with Gasteiger partial charge in [0.2, 0.25) is 0 Å². The van der Waals surface area contributed by atoms with Crippen molar-refractivity contribution in [3.05, 3.63) is 60.7 Å². The summed E-state index contributed by atoms with van der Waals surface area (Å²) in [7, 11) is 0. The lowest BCUT2D eigenvalue weighted by Gasteiger charge is -2.25. The van der Waals surface area contributed by atoms with Gasteiger partial charge in [0, 0.05) is 21.5 Å². The molecule has 0 aliphatic heterocycles. The second-order valence-electron chi connectivity index (χ2n) is 5.39. The van der Waals surface area contributed by atoms with Crippen molar-refractivity contribution in [1.82, 2.24) is 0 Å². The average Bonchev–Trinajstić information content (AvgIpc) is 2.55. The number of benzene rings is 2. The highest BCUT2D eigenvalue weighted by Crippen LogP contribution is 2.35. The topological polar surface area (TPSA) is 80.9 Å². The van der Waals surface area contributed by atoms with Crippen molar-refractivity contribution in [2.45, 2.75) is 45.7 Å². The fourth-order valence-corrected chi connectivity index (χ4v) is 4.79. The minimum absolute atomic E-state index is 0.143. The molecule has 4 nitrogen and oxygen atoms in total. The Morgan fingerprint density at radius 2 is 1.17 bits per heavy atom. The molecule has 4 N–H and O–H groups in total. The largest absolute Gasteiger partial charge is 0.368 e. The van der Waals surface area contributed by atoms with E-state index in [1.165, 1.54) is 23.5 Å². The number of hydrogen-bond acceptors (Lipinski definition) is 6. The highest BCUT2D eigenvalue weighted by Gasteiger charge is 2.25. The van der Waals surface area contributed by atoms with Gasteiger partial charge in [-0.1, -0.05) is 36.4 Å². The van der Waals surface area contributed by atoms with Crippen molar-refractivity contribution in [2.75, 3.05) is 0 Å². The number of rotatable bonds is 9. The van der Waals surface area contributed by atoms with Crippen molar-refractivity contribution in [2.24, 2.45) is 0 Å². The van der Waals surface area contributed by atoms with Crippen molar-refractivity contribution in [3.63, 3.8) is 0 Å². The molecule has 2 aromatic carbocycles. The SMILES string of the molecule is OC(O)CC(CC(Sc1ccccc1)C(O)O)Sc1ccccc1. The van der Waals surface area contributed by atoms with Crippen LogP contribution in [-0.2, 0) is 0 Å². The van der Waals surface area contributed by atoms with Crippen LogP contribution in [0.4, 0.5) is 0 Å². The first-order chi connectivity index (χ1) is 11.5. The van der Waals surface area contributed by atoms with Gasteiger partial charge in [0.25, 0.3) is 0 Å². The first kappa shape index (κ1) is 19.3. The molecule has 0 aromatic heterocycles. The Morgan fingerprint density at radius 3 is 1.62 bits per heavy atom. The Labute approximate surface area is 150 Å². The highest BCUT2D eigenvalue weighted by molar-refractivity contribution is 8.00. The van der Waals surface area contributed by atoms with E-state index >= 15 is 0 Å². The zero-order valence-electron chi connectivity index (χ0n) is 13.1. The molecule has 24 heavy (non-hydrogen) atoms. The summed E-state index contributed by atoms with van der Waals surface area (Å²) in [5.74, 6) is 0. The molecule has 2 atom stereocenters. The summed E-state index contributed by atoms with van der Waals surface area (Å²) >= 11 is 2.90. The Kier molecular flexibility index (Phi) is 8.11. The van der Waals surface area contributed by atoms with E-state index in [2.05, 4.69) is 0 Å². The molecular formula is C18H22O4S2. The van der Waals surface area contributed by atoms with Gasteiger partial charge in [-0.25, -0.2) is 0 Å². The minimum atomic E-state index is -1.48. The van der Waals surface area contributed by atoms with Gasteiger partial charge < -0.3 is 20.4 Å². The van der Waals surface area contributed by atoms with Crippen LogP contribution in [-0.4, -0.2) is 43.5 Å². The van der Waals surface area contributed by atoms with E-state index in [0.29, 0.717) is 6.42 Å². The zero-order chi connectivity index (χ0) is 17.4. The van der Waals surface area contributed by atoms with Crippen molar-refractivity contribution < 1.29 is 20.4 Å². The lowest BCUT2D eigenvalue weighted by Crippen LogP contribution is -2.28. The molecule has 2 rings (SSSR count). The van der Waals surface area contributed by atoms with Gasteiger partial charge in [0.15, 0.2) is 12.6 Å². The molecule has 0 saturated heterocycles. The van der Waals surface area contributed by atoms with Gasteiger partial charge in [-0.3, -0.25) is 0 Å². The van der Waals surface area contributed by atoms with Crippen LogP contribution < -0.4 is 0 Å². The summed E-state index contributed by atoms with van der Waals surface area (Å²) in [6.45, 7) is 0. The summed E-state index contributed by atoms with van der Waals surface area (Å²) < 4.78 is 0. The van der Waals surface area contributed by atoms with Gasteiger partial charge in [-0.2, -0.15) is 0 Å². The molecule has 0 saturated carbocycles. The molecule has 0 aliphatic rings. The zero-order valence-corrected chi connectivity index (χ0v) is 14.7. The summed E-state index contributed by atoms with van der Waals surface area (Å²) in [6, 6.07) is 19.2. The van der Waals surface area contributed by atoms with E-state index in [1.54, 1.807) is 0 Å². The maximum atomic E-state index is 9.72. The maximum absolute atomic E-state index is 9.72. The smallest absolute Gasteiger partial charge is 0.163 e. The molecule has 0 aliphatic carbocycles. The Bertz CT molecular complexity index is 578. The Hall–Kier alpha value is -1.02. The quantitative estimate of drug-likeness (QED) is 0.404. The Morgan fingerprint density at radius 1 is 0.667 bits per heavy atom. The van der Waals surface area contributed by atoms with Gasteiger partial charge in [0.05, 0.1) is 5.25 Å². The lowest BCUT2D eigenvalue weighted by atomic mass is 10.1. The Balaban J connectivity index is 2.06. The molecule has 2 aromatic rings. The van der Waals surface area contributed by atoms with Crippen LogP contribution in [0.25, 0.3) is 0 Å². The number of thioether (sulfide) groups is 2. The second kappa shape index (κ2) is 10.1. The summed E-state index contributed by atoms with van der Waals surface area (Å²) in [5, 5.41) is 37.6. The third-order valence-corrected chi connectivity index (χ3v) is 5.92. The standard InChI is InChI=1S/C18H22O4S2/c19-17(20)12-15(23-13-7-3-1-4-8-13)11-16(18(21)22)24-14-9-5-2-6-10-14/h1-10,15-22H,11-12H2. The summed E-state index contributed by atoms with van der Waals surface area (Å²) in [5.41, 5.74) is 0. The van der Waals surface area contributed by atoms with E-state index in [1.807, 2.05) is 60.7 Å². The van der Waals surface area contributed by atoms with Gasteiger partial charge in [0.1, 0.15) is 0 Å². The molecule has 0 heterocycles. The van der Waals surface area contributed by atoms with Gasteiger partial charge >= 0.3 is 0 Å². The summed E-state index contributed by atoms with van der Waals surface area (Å²) in [4.78, 5) is 1.96. The normalized spacial score (nSPS) is 14.1. The number of hydrogen-bond donors (Lipinski definition) is 4. The van der Waals surface area contributed by atoms with Crippen molar-refractivity contribution >= 4 is 23.5 Å². The van der Waals surface area contributed by atoms with E-state index in [-0.39, 0.29) is 11.7 Å². The van der Waals surface area contributed by atoms with Crippen LogP contribution in [0, 0.1) is 0 Å². The van der Waals surface area contributed by atoms with Crippen molar-refractivity contribution in [3.8, 4) is 0 Å². The molecular weight excluding hydrogens is 344 g/mol. The minimum Gasteiger partial charge on any atom is -0.368 e. The fraction of sp³-hybridized carbons (Fsp3) is 0.333. The fourth-order valence-electron chi connectivity index (χ4n) is 2.28. The maximum Gasteiger partial charge on any atom is 0.163 e.